The van der Waals surface area contributed by atoms with Gasteiger partial charge in [-0.3, -0.25) is 0 Å². The van der Waals surface area contributed by atoms with E-state index in [0.717, 1.165) is 5.56 Å². The zero-order valence-corrected chi connectivity index (χ0v) is 15.5. The van der Waals surface area contributed by atoms with Crippen molar-refractivity contribution in [3.63, 3.8) is 0 Å². The predicted molar refractivity (Wildman–Crippen MR) is 90.3 cm³/mol. The first-order chi connectivity index (χ1) is 11.5. The lowest BCUT2D eigenvalue weighted by Gasteiger charge is -2.22. The molecule has 1 rings (SSSR count). The number of carbonyl (C=O) groups is 2. The Morgan fingerprint density at radius 3 is 2.12 bits per heavy atom. The van der Waals surface area contributed by atoms with Gasteiger partial charge >= 0.3 is 11.9 Å². The Morgan fingerprint density at radius 1 is 1.08 bits per heavy atom. The van der Waals surface area contributed by atoms with Crippen molar-refractivity contribution in [2.45, 2.75) is 38.2 Å². The molecule has 1 aromatic carbocycles. The molecule has 0 N–H and O–H groups in total. The van der Waals surface area contributed by atoms with Crippen LogP contribution in [0.4, 0.5) is 0 Å². The minimum atomic E-state index is -4.13. The summed E-state index contributed by atoms with van der Waals surface area (Å²) in [6.07, 6.45) is 0. The van der Waals surface area contributed by atoms with Gasteiger partial charge in [0.25, 0.3) is 10.1 Å². The molecular weight excluding hydrogens is 348 g/mol. The lowest BCUT2D eigenvalue weighted by Crippen LogP contribution is -2.39. The lowest BCUT2D eigenvalue weighted by atomic mass is 10.1. The predicted octanol–water partition coefficient (Wildman–Crippen LogP) is 2.14. The van der Waals surface area contributed by atoms with Crippen molar-refractivity contribution < 1.29 is 31.7 Å². The van der Waals surface area contributed by atoms with Gasteiger partial charge in [0.1, 0.15) is 13.2 Å². The standard InChI is InChI=1S/C17H22O7S/c1-12(2)15(18)22-10-11-23-16(19)17(4,5)24-25(20,21)14-8-6-13(3)7-9-14/h6-9H,1,10-11H2,2-5H3. The third-order valence-corrected chi connectivity index (χ3v) is 4.50. The van der Waals surface area contributed by atoms with Crippen LogP contribution in [-0.2, 0) is 33.4 Å². The number of hydrogen-bond acceptors (Lipinski definition) is 7. The second-order valence-corrected chi connectivity index (χ2v) is 7.46. The summed E-state index contributed by atoms with van der Waals surface area (Å²) in [6, 6.07) is 6.03. The van der Waals surface area contributed by atoms with Crippen LogP contribution in [0, 0.1) is 6.92 Å². The van der Waals surface area contributed by atoms with Crippen LogP contribution in [0.2, 0.25) is 0 Å². The molecule has 0 aliphatic carbocycles. The van der Waals surface area contributed by atoms with Gasteiger partial charge in [0.05, 0.1) is 4.90 Å². The molecule has 0 heterocycles. The van der Waals surface area contributed by atoms with E-state index >= 15 is 0 Å². The minimum absolute atomic E-state index is 0.0608. The Morgan fingerprint density at radius 2 is 1.60 bits per heavy atom. The number of rotatable bonds is 8. The van der Waals surface area contributed by atoms with E-state index in [9.17, 15) is 18.0 Å². The van der Waals surface area contributed by atoms with Gasteiger partial charge in [-0.15, -0.1) is 0 Å². The maximum Gasteiger partial charge on any atom is 0.339 e. The van der Waals surface area contributed by atoms with Crippen LogP contribution >= 0.6 is 0 Å². The molecule has 0 spiro atoms. The smallest absolute Gasteiger partial charge is 0.339 e. The topological polar surface area (TPSA) is 96.0 Å². The first kappa shape index (κ1) is 20.9. The number of hydrogen-bond donors (Lipinski definition) is 0. The molecule has 0 unspecified atom stereocenters. The summed E-state index contributed by atoms with van der Waals surface area (Å²) in [6.45, 7) is 8.88. The Labute approximate surface area is 147 Å². The molecule has 0 saturated carbocycles. The van der Waals surface area contributed by atoms with Gasteiger partial charge in [-0.1, -0.05) is 24.3 Å². The Hall–Kier alpha value is -2.19. The van der Waals surface area contributed by atoms with E-state index in [1.165, 1.54) is 32.9 Å². The molecule has 0 radical (unpaired) electrons. The van der Waals surface area contributed by atoms with Gasteiger partial charge < -0.3 is 9.47 Å². The first-order valence-corrected chi connectivity index (χ1v) is 8.89. The van der Waals surface area contributed by atoms with Crippen LogP contribution in [-0.4, -0.2) is 39.2 Å². The zero-order valence-electron chi connectivity index (χ0n) is 14.7. The van der Waals surface area contributed by atoms with Crippen LogP contribution in [0.15, 0.2) is 41.3 Å². The number of benzene rings is 1. The fourth-order valence-electron chi connectivity index (χ4n) is 1.63. The highest BCUT2D eigenvalue weighted by Gasteiger charge is 2.36. The van der Waals surface area contributed by atoms with Gasteiger partial charge in [0, 0.05) is 5.57 Å². The van der Waals surface area contributed by atoms with Crippen molar-refractivity contribution in [3.05, 3.63) is 42.0 Å². The van der Waals surface area contributed by atoms with Crippen molar-refractivity contribution in [2.75, 3.05) is 13.2 Å². The van der Waals surface area contributed by atoms with Crippen LogP contribution < -0.4 is 0 Å². The number of carbonyl (C=O) groups excluding carboxylic acids is 2. The monoisotopic (exact) mass is 370 g/mol. The lowest BCUT2D eigenvalue weighted by molar-refractivity contribution is -0.162. The summed E-state index contributed by atoms with van der Waals surface area (Å²) < 4.78 is 39.2. The molecule has 138 valence electrons. The molecule has 0 atom stereocenters. The molecule has 25 heavy (non-hydrogen) atoms. The quantitative estimate of drug-likeness (QED) is 0.299. The summed E-state index contributed by atoms with van der Waals surface area (Å²) in [7, 11) is -4.13. The number of aryl methyl sites for hydroxylation is 1. The van der Waals surface area contributed by atoms with Crippen molar-refractivity contribution >= 4 is 22.1 Å². The Kier molecular flexibility index (Phi) is 6.89. The van der Waals surface area contributed by atoms with E-state index in [-0.39, 0.29) is 23.7 Å². The highest BCUT2D eigenvalue weighted by Crippen LogP contribution is 2.21. The summed E-state index contributed by atoms with van der Waals surface area (Å²) in [5.74, 6) is -1.50. The Balaban J connectivity index is 2.64. The van der Waals surface area contributed by atoms with E-state index in [1.54, 1.807) is 12.1 Å². The zero-order chi connectivity index (χ0) is 19.3. The summed E-state index contributed by atoms with van der Waals surface area (Å²) in [5, 5.41) is 0. The second kappa shape index (κ2) is 8.26. The molecule has 0 bridgehead atoms. The average molecular weight is 370 g/mol. The van der Waals surface area contributed by atoms with Gasteiger partial charge in [0.2, 0.25) is 0 Å². The third kappa shape index (κ3) is 6.32. The van der Waals surface area contributed by atoms with Crippen LogP contribution in [0.25, 0.3) is 0 Å². The molecule has 0 aliphatic rings. The third-order valence-electron chi connectivity index (χ3n) is 3.02. The molecule has 0 amide bonds. The Bertz CT molecular complexity index is 746. The number of ether oxygens (including phenoxy) is 2. The molecule has 7 nitrogen and oxygen atoms in total. The molecule has 0 aliphatic heterocycles. The SMILES string of the molecule is C=C(C)C(=O)OCCOC(=O)C(C)(C)OS(=O)(=O)c1ccc(C)cc1. The molecule has 0 saturated heterocycles. The highest BCUT2D eigenvalue weighted by molar-refractivity contribution is 7.86. The molecule has 0 aromatic heterocycles. The summed E-state index contributed by atoms with van der Waals surface area (Å²) >= 11 is 0. The maximum atomic E-state index is 12.2. The van der Waals surface area contributed by atoms with E-state index in [1.807, 2.05) is 6.92 Å². The fourth-order valence-corrected chi connectivity index (χ4v) is 2.81. The minimum Gasteiger partial charge on any atom is -0.460 e. The second-order valence-electron chi connectivity index (χ2n) is 5.91. The van der Waals surface area contributed by atoms with Crippen molar-refractivity contribution in [3.8, 4) is 0 Å². The van der Waals surface area contributed by atoms with Gasteiger partial charge in [-0.05, 0) is 39.8 Å². The van der Waals surface area contributed by atoms with Crippen molar-refractivity contribution in [2.24, 2.45) is 0 Å². The van der Waals surface area contributed by atoms with Gasteiger partial charge in [-0.25, -0.2) is 13.8 Å². The largest absolute Gasteiger partial charge is 0.460 e. The molecule has 8 heteroatoms. The van der Waals surface area contributed by atoms with Crippen LogP contribution in [0.3, 0.4) is 0 Å². The summed E-state index contributed by atoms with van der Waals surface area (Å²) in [5.41, 5.74) is -0.622. The van der Waals surface area contributed by atoms with E-state index < -0.39 is 27.7 Å². The van der Waals surface area contributed by atoms with Gasteiger partial charge in [-0.2, -0.15) is 8.42 Å². The fraction of sp³-hybridized carbons (Fsp3) is 0.412. The van der Waals surface area contributed by atoms with E-state index in [0.29, 0.717) is 0 Å². The van der Waals surface area contributed by atoms with E-state index in [2.05, 4.69) is 6.58 Å². The maximum absolute atomic E-state index is 12.2. The highest BCUT2D eigenvalue weighted by atomic mass is 32.2. The first-order valence-electron chi connectivity index (χ1n) is 7.48. The summed E-state index contributed by atoms with van der Waals surface area (Å²) in [4.78, 5) is 23.2. The number of esters is 2. The van der Waals surface area contributed by atoms with E-state index in [4.69, 9.17) is 13.7 Å². The van der Waals surface area contributed by atoms with Gasteiger partial charge in [0.15, 0.2) is 5.60 Å². The van der Waals surface area contributed by atoms with Crippen LogP contribution in [0.5, 0.6) is 0 Å². The molecule has 1 aromatic rings. The molecular formula is C17H22O7S. The van der Waals surface area contributed by atoms with Crippen molar-refractivity contribution in [1.82, 2.24) is 0 Å². The van der Waals surface area contributed by atoms with Crippen LogP contribution in [0.1, 0.15) is 26.3 Å². The molecule has 0 fully saturated rings. The average Bonchev–Trinajstić information content (AvgIpc) is 2.50. The normalized spacial score (nSPS) is 11.7. The van der Waals surface area contributed by atoms with Crippen molar-refractivity contribution in [1.29, 1.82) is 0 Å².